The predicted octanol–water partition coefficient (Wildman–Crippen LogP) is 10.4. The molecule has 6 aromatic carbocycles. The van der Waals surface area contributed by atoms with Gasteiger partial charge in [0.2, 0.25) is 0 Å². The van der Waals surface area contributed by atoms with Crippen LogP contribution in [-0.4, -0.2) is 0 Å². The van der Waals surface area contributed by atoms with Gasteiger partial charge in [-0.25, -0.2) is 8.78 Å². The van der Waals surface area contributed by atoms with Gasteiger partial charge in [-0.2, -0.15) is 0 Å². The van der Waals surface area contributed by atoms with Gasteiger partial charge in [0.25, 0.3) is 0 Å². The lowest BCUT2D eigenvalue weighted by atomic mass is 10.2. The summed E-state index contributed by atoms with van der Waals surface area (Å²) in [7, 11) is 0. The number of benzene rings is 6. The molecule has 6 heteroatoms. The number of para-hydroxylation sites is 4. The van der Waals surface area contributed by atoms with Crippen LogP contribution in [0.1, 0.15) is 0 Å². The van der Waals surface area contributed by atoms with Crippen molar-refractivity contribution in [2.45, 2.75) is 0 Å². The molecule has 0 N–H and O–H groups in total. The minimum atomic E-state index is -0.333. The van der Waals surface area contributed by atoms with Crippen molar-refractivity contribution in [2.24, 2.45) is 0 Å². The van der Waals surface area contributed by atoms with Crippen LogP contribution < -0.4 is 19.6 Å². The molecule has 0 aromatic heterocycles. The fraction of sp³-hybridized carbons (Fsp3) is 0. The van der Waals surface area contributed by atoms with E-state index in [0.29, 0.717) is 11.4 Å². The van der Waals surface area contributed by atoms with E-state index in [4.69, 9.17) is 0 Å². The molecule has 0 radical (unpaired) electrons. The fourth-order valence-electron chi connectivity index (χ4n) is 6.14. The summed E-state index contributed by atoms with van der Waals surface area (Å²) < 4.78 is 30.2. The summed E-state index contributed by atoms with van der Waals surface area (Å²) >= 11 is 0. The summed E-state index contributed by atoms with van der Waals surface area (Å²) in [5.74, 6) is 0.876. The third kappa shape index (κ3) is 4.11. The maximum absolute atomic E-state index is 15.1. The minimum absolute atomic E-state index is 0.333. The number of rotatable bonds is 4. The van der Waals surface area contributed by atoms with Crippen molar-refractivity contribution in [3.05, 3.63) is 181 Å². The third-order valence-corrected chi connectivity index (χ3v) is 7.94. The molecule has 0 unspecified atom stereocenters. The van der Waals surface area contributed by atoms with Gasteiger partial charge in [0.15, 0.2) is 11.6 Å². The van der Waals surface area contributed by atoms with E-state index in [1.165, 1.54) is 12.1 Å². The lowest BCUT2D eigenvalue weighted by Gasteiger charge is -2.34. The number of hydrogen-bond acceptors (Lipinski definition) is 4. The lowest BCUT2D eigenvalue weighted by Crippen LogP contribution is -2.33. The summed E-state index contributed by atoms with van der Waals surface area (Å²) in [6.45, 7) is 0. The Labute approximate surface area is 254 Å². The molecule has 0 saturated carbocycles. The van der Waals surface area contributed by atoms with E-state index >= 15 is 8.78 Å². The number of nitrogens with zero attached hydrogens (tertiary/aromatic N) is 4. The SMILES string of the molecule is Fc1ccc2c(c1)N(c1ccccc1)/C(=C1/N(c3ccccc3)c3ccc(F)cc3N1c1ccccc1)N2c1ccccc1. The summed E-state index contributed by atoms with van der Waals surface area (Å²) in [5, 5.41) is 0. The van der Waals surface area contributed by atoms with Crippen molar-refractivity contribution in [2.75, 3.05) is 19.6 Å². The number of anilines is 8. The van der Waals surface area contributed by atoms with Crippen LogP contribution in [0.15, 0.2) is 169 Å². The van der Waals surface area contributed by atoms with Gasteiger partial charge < -0.3 is 0 Å². The van der Waals surface area contributed by atoms with Gasteiger partial charge in [-0.05, 0) is 72.8 Å². The van der Waals surface area contributed by atoms with Gasteiger partial charge in [-0.15, -0.1) is 0 Å². The van der Waals surface area contributed by atoms with Gasteiger partial charge in [0.05, 0.1) is 22.7 Å². The zero-order valence-electron chi connectivity index (χ0n) is 23.6. The van der Waals surface area contributed by atoms with E-state index in [1.807, 2.05) is 133 Å². The van der Waals surface area contributed by atoms with Gasteiger partial charge in [-0.3, -0.25) is 19.6 Å². The van der Waals surface area contributed by atoms with E-state index in [-0.39, 0.29) is 11.6 Å². The Morgan fingerprint density at radius 3 is 0.864 bits per heavy atom. The summed E-state index contributed by atoms with van der Waals surface area (Å²) in [4.78, 5) is 8.50. The van der Waals surface area contributed by atoms with Crippen LogP contribution in [0.5, 0.6) is 0 Å². The molecule has 2 aliphatic heterocycles. The Balaban J connectivity index is 1.54. The smallest absolute Gasteiger partial charge is 0.166 e. The first-order valence-electron chi connectivity index (χ1n) is 14.4. The van der Waals surface area contributed by atoms with Crippen LogP contribution in [0, 0.1) is 11.6 Å². The molecule has 2 aliphatic rings. The molecular formula is C38H26F2N4. The average molecular weight is 577 g/mol. The highest BCUT2D eigenvalue weighted by molar-refractivity contribution is 5.99. The molecule has 212 valence electrons. The zero-order chi connectivity index (χ0) is 29.6. The first-order valence-corrected chi connectivity index (χ1v) is 14.4. The van der Waals surface area contributed by atoms with Gasteiger partial charge in [0.1, 0.15) is 11.6 Å². The molecule has 0 fully saturated rings. The molecule has 0 amide bonds. The third-order valence-electron chi connectivity index (χ3n) is 7.94. The predicted molar refractivity (Wildman–Crippen MR) is 174 cm³/mol. The van der Waals surface area contributed by atoms with Crippen LogP contribution in [0.25, 0.3) is 0 Å². The first kappa shape index (κ1) is 25.8. The molecule has 6 aromatic rings. The normalized spacial score (nSPS) is 15.5. The monoisotopic (exact) mass is 576 g/mol. The maximum Gasteiger partial charge on any atom is 0.166 e. The van der Waals surface area contributed by atoms with E-state index in [9.17, 15) is 0 Å². The standard InChI is InChI=1S/C38H26F2N4/c39-27-21-23-33-35(25-27)43(31-17-9-3-10-18-31)37(41(33)29-13-5-1-6-14-29)38-42(30-15-7-2-8-16-30)34-24-22-28(40)26-36(34)44(38)32-19-11-4-12-20-32/h1-26H/b38-37-. The van der Waals surface area contributed by atoms with E-state index in [0.717, 1.165) is 45.8 Å². The van der Waals surface area contributed by atoms with Crippen molar-refractivity contribution < 1.29 is 8.78 Å². The number of hydrogen-bond donors (Lipinski definition) is 0. The van der Waals surface area contributed by atoms with Gasteiger partial charge >= 0.3 is 0 Å². The van der Waals surface area contributed by atoms with Crippen molar-refractivity contribution in [1.29, 1.82) is 0 Å². The molecule has 0 saturated heterocycles. The number of halogens is 2. The van der Waals surface area contributed by atoms with E-state index in [2.05, 4.69) is 19.6 Å². The highest BCUT2D eigenvalue weighted by Gasteiger charge is 2.44. The summed E-state index contributed by atoms with van der Waals surface area (Å²) in [6, 6.07) is 49.8. The van der Waals surface area contributed by atoms with Crippen molar-refractivity contribution in [3.8, 4) is 0 Å². The Morgan fingerprint density at radius 2 is 0.568 bits per heavy atom. The highest BCUT2D eigenvalue weighted by atomic mass is 19.1. The van der Waals surface area contributed by atoms with Crippen LogP contribution in [0.2, 0.25) is 0 Å². The van der Waals surface area contributed by atoms with Gasteiger partial charge in [-0.1, -0.05) is 72.8 Å². The highest BCUT2D eigenvalue weighted by Crippen LogP contribution is 2.57. The zero-order valence-corrected chi connectivity index (χ0v) is 23.6. The van der Waals surface area contributed by atoms with Crippen LogP contribution in [-0.2, 0) is 0 Å². The Bertz CT molecular complexity index is 1850. The molecule has 2 heterocycles. The quantitative estimate of drug-likeness (QED) is 0.207. The van der Waals surface area contributed by atoms with Gasteiger partial charge in [0, 0.05) is 34.9 Å². The van der Waals surface area contributed by atoms with Crippen LogP contribution in [0.3, 0.4) is 0 Å². The molecular weight excluding hydrogens is 550 g/mol. The molecule has 4 nitrogen and oxygen atoms in total. The average Bonchev–Trinajstić information content (AvgIpc) is 3.58. The molecule has 0 atom stereocenters. The van der Waals surface area contributed by atoms with Crippen molar-refractivity contribution in [1.82, 2.24) is 0 Å². The van der Waals surface area contributed by atoms with E-state index < -0.39 is 0 Å². The molecule has 8 rings (SSSR count). The second-order valence-electron chi connectivity index (χ2n) is 10.6. The Morgan fingerprint density at radius 1 is 0.295 bits per heavy atom. The summed E-state index contributed by atoms with van der Waals surface area (Å²) in [6.07, 6.45) is 0. The van der Waals surface area contributed by atoms with Crippen molar-refractivity contribution in [3.63, 3.8) is 0 Å². The van der Waals surface area contributed by atoms with E-state index in [1.54, 1.807) is 12.1 Å². The maximum atomic E-state index is 15.1. The fourth-order valence-corrected chi connectivity index (χ4v) is 6.14. The van der Waals surface area contributed by atoms with Crippen LogP contribution in [0.4, 0.5) is 54.3 Å². The topological polar surface area (TPSA) is 13.0 Å². The van der Waals surface area contributed by atoms with Crippen molar-refractivity contribution >= 4 is 45.5 Å². The molecule has 0 bridgehead atoms. The summed E-state index contributed by atoms with van der Waals surface area (Å²) in [5.41, 5.74) is 6.59. The lowest BCUT2D eigenvalue weighted by molar-refractivity contribution is 0.628. The largest absolute Gasteiger partial charge is 0.291 e. The minimum Gasteiger partial charge on any atom is -0.291 e. The Kier molecular flexibility index (Phi) is 6.12. The second-order valence-corrected chi connectivity index (χ2v) is 10.6. The number of fused-ring (bicyclic) bond motifs is 2. The molecule has 0 spiro atoms. The molecule has 0 aliphatic carbocycles. The van der Waals surface area contributed by atoms with Crippen LogP contribution >= 0.6 is 0 Å². The second kappa shape index (κ2) is 10.4. The first-order chi connectivity index (χ1) is 21.7. The molecule has 44 heavy (non-hydrogen) atoms. The Hall–Kier alpha value is -5.88.